The first kappa shape index (κ1) is 20.1. The summed E-state index contributed by atoms with van der Waals surface area (Å²) >= 11 is 6.02. The number of hydrogen-bond donors (Lipinski definition) is 2. The highest BCUT2D eigenvalue weighted by Gasteiger charge is 2.23. The second-order valence-corrected chi connectivity index (χ2v) is 8.87. The topological polar surface area (TPSA) is 81.8 Å². The minimum atomic E-state index is -3.67. The average Bonchev–Trinajstić information content (AvgIpc) is 2.56. The van der Waals surface area contributed by atoms with Gasteiger partial charge in [-0.25, -0.2) is 12.7 Å². The van der Waals surface area contributed by atoms with Gasteiger partial charge in [0.25, 0.3) is 0 Å². The lowest BCUT2D eigenvalue weighted by atomic mass is 10.1. The van der Waals surface area contributed by atoms with Crippen LogP contribution in [-0.4, -0.2) is 70.3 Å². The van der Waals surface area contributed by atoms with Crippen LogP contribution < -0.4 is 10.6 Å². The van der Waals surface area contributed by atoms with Crippen molar-refractivity contribution in [3.63, 3.8) is 0 Å². The molecule has 140 valence electrons. The second-order valence-electron chi connectivity index (χ2n) is 6.34. The predicted octanol–water partition coefficient (Wildman–Crippen LogP) is 1.21. The first-order valence-corrected chi connectivity index (χ1v) is 9.97. The number of likely N-dealkylation sites (tertiary alicyclic amines) is 1. The van der Waals surface area contributed by atoms with E-state index in [0.29, 0.717) is 11.7 Å². The van der Waals surface area contributed by atoms with Crippen LogP contribution in [-0.2, 0) is 14.8 Å². The molecule has 2 rings (SSSR count). The Labute approximate surface area is 154 Å². The van der Waals surface area contributed by atoms with Crippen molar-refractivity contribution in [3.8, 4) is 0 Å². The van der Waals surface area contributed by atoms with Crippen molar-refractivity contribution in [1.29, 1.82) is 0 Å². The maximum Gasteiger partial charge on any atom is 0.244 e. The summed E-state index contributed by atoms with van der Waals surface area (Å²) in [5, 5.41) is 6.12. The highest BCUT2D eigenvalue weighted by molar-refractivity contribution is 7.89. The number of piperidine rings is 1. The molecule has 1 fully saturated rings. The van der Waals surface area contributed by atoms with Gasteiger partial charge in [0.15, 0.2) is 0 Å². The number of sulfonamides is 1. The van der Waals surface area contributed by atoms with Crippen molar-refractivity contribution < 1.29 is 13.2 Å². The Morgan fingerprint density at radius 1 is 1.40 bits per heavy atom. The van der Waals surface area contributed by atoms with Crippen molar-refractivity contribution >= 4 is 33.2 Å². The van der Waals surface area contributed by atoms with Crippen LogP contribution in [0, 0.1) is 0 Å². The van der Waals surface area contributed by atoms with Crippen LogP contribution in [0.5, 0.6) is 0 Å². The van der Waals surface area contributed by atoms with E-state index in [-0.39, 0.29) is 22.4 Å². The van der Waals surface area contributed by atoms with Crippen molar-refractivity contribution in [2.75, 3.05) is 46.1 Å². The van der Waals surface area contributed by atoms with Gasteiger partial charge in [0, 0.05) is 32.4 Å². The third kappa shape index (κ3) is 5.15. The van der Waals surface area contributed by atoms with E-state index < -0.39 is 10.0 Å². The lowest BCUT2D eigenvalue weighted by molar-refractivity contribution is -0.117. The van der Waals surface area contributed by atoms with Gasteiger partial charge in [-0.15, -0.1) is 0 Å². The van der Waals surface area contributed by atoms with Crippen LogP contribution in [0.15, 0.2) is 23.1 Å². The van der Waals surface area contributed by atoms with Gasteiger partial charge >= 0.3 is 0 Å². The first-order chi connectivity index (χ1) is 11.7. The number of benzene rings is 1. The minimum Gasteiger partial charge on any atom is -0.325 e. The predicted molar refractivity (Wildman–Crippen MR) is 99.5 cm³/mol. The molecule has 1 aromatic rings. The van der Waals surface area contributed by atoms with Gasteiger partial charge in [-0.1, -0.05) is 11.6 Å². The third-order valence-corrected chi connectivity index (χ3v) is 6.55. The van der Waals surface area contributed by atoms with Gasteiger partial charge in [0.2, 0.25) is 15.9 Å². The first-order valence-electron chi connectivity index (χ1n) is 8.15. The molecule has 7 nitrogen and oxygen atoms in total. The van der Waals surface area contributed by atoms with E-state index >= 15 is 0 Å². The Balaban J connectivity index is 2.06. The van der Waals surface area contributed by atoms with E-state index in [2.05, 4.69) is 15.5 Å². The smallest absolute Gasteiger partial charge is 0.244 e. The number of nitrogens with one attached hydrogen (secondary N) is 2. The Morgan fingerprint density at radius 2 is 2.12 bits per heavy atom. The molecule has 1 aliphatic rings. The van der Waals surface area contributed by atoms with Gasteiger partial charge in [-0.05, 0) is 44.6 Å². The molecule has 1 aromatic carbocycles. The molecule has 0 aliphatic carbocycles. The van der Waals surface area contributed by atoms with Gasteiger partial charge in [0.1, 0.15) is 4.90 Å². The Bertz CT molecular complexity index is 724. The summed E-state index contributed by atoms with van der Waals surface area (Å²) in [7, 11) is 1.12. The highest BCUT2D eigenvalue weighted by Crippen LogP contribution is 2.26. The molecule has 1 amide bonds. The van der Waals surface area contributed by atoms with E-state index in [1.165, 1.54) is 26.2 Å². The van der Waals surface area contributed by atoms with Gasteiger partial charge in [-0.2, -0.15) is 0 Å². The summed E-state index contributed by atoms with van der Waals surface area (Å²) in [6.45, 7) is 1.98. The van der Waals surface area contributed by atoms with E-state index in [4.69, 9.17) is 11.6 Å². The monoisotopic (exact) mass is 388 g/mol. The molecule has 0 radical (unpaired) electrons. The summed E-state index contributed by atoms with van der Waals surface area (Å²) in [4.78, 5) is 14.4. The zero-order chi connectivity index (χ0) is 18.6. The molecule has 1 aliphatic heterocycles. The van der Waals surface area contributed by atoms with Crippen molar-refractivity contribution in [2.45, 2.75) is 23.8 Å². The summed E-state index contributed by atoms with van der Waals surface area (Å²) in [6.07, 6.45) is 2.16. The maximum absolute atomic E-state index is 12.3. The number of halogens is 1. The molecular formula is C16H25ClN4O3S. The second kappa shape index (κ2) is 8.46. The maximum atomic E-state index is 12.3. The molecule has 1 atom stereocenters. The zero-order valence-electron chi connectivity index (χ0n) is 14.8. The average molecular weight is 389 g/mol. The van der Waals surface area contributed by atoms with Gasteiger partial charge in [-0.3, -0.25) is 9.69 Å². The zero-order valence-corrected chi connectivity index (χ0v) is 16.3. The van der Waals surface area contributed by atoms with E-state index in [1.807, 2.05) is 7.05 Å². The number of nitrogens with zero attached hydrogens (tertiary/aromatic N) is 2. The van der Waals surface area contributed by atoms with Crippen molar-refractivity contribution in [2.24, 2.45) is 0 Å². The fourth-order valence-corrected chi connectivity index (χ4v) is 4.21. The van der Waals surface area contributed by atoms with Gasteiger partial charge in [0.05, 0.1) is 11.6 Å². The third-order valence-electron chi connectivity index (χ3n) is 4.25. The molecule has 0 bridgehead atoms. The lowest BCUT2D eigenvalue weighted by Gasteiger charge is -2.31. The molecule has 0 spiro atoms. The summed E-state index contributed by atoms with van der Waals surface area (Å²) < 4.78 is 25.7. The summed E-state index contributed by atoms with van der Waals surface area (Å²) in [5.41, 5.74) is 0.414. The van der Waals surface area contributed by atoms with Crippen LogP contribution >= 0.6 is 11.6 Å². The van der Waals surface area contributed by atoms with Crippen molar-refractivity contribution in [3.05, 3.63) is 23.2 Å². The van der Waals surface area contributed by atoms with E-state index in [0.717, 1.165) is 30.2 Å². The molecule has 25 heavy (non-hydrogen) atoms. The van der Waals surface area contributed by atoms with E-state index in [1.54, 1.807) is 6.07 Å². The number of anilines is 1. The molecule has 9 heteroatoms. The number of hydrogen-bond acceptors (Lipinski definition) is 5. The molecule has 1 unspecified atom stereocenters. The van der Waals surface area contributed by atoms with Crippen LogP contribution in [0.3, 0.4) is 0 Å². The largest absolute Gasteiger partial charge is 0.325 e. The Kier molecular flexibility index (Phi) is 6.81. The minimum absolute atomic E-state index is 0.0230. The summed E-state index contributed by atoms with van der Waals surface area (Å²) in [5.74, 6) is -0.174. The highest BCUT2D eigenvalue weighted by atomic mass is 35.5. The number of carbonyl (C=O) groups excluding carboxylic acids is 1. The fourth-order valence-electron chi connectivity index (χ4n) is 2.81. The van der Waals surface area contributed by atoms with Crippen LogP contribution in [0.2, 0.25) is 5.02 Å². The SMILES string of the molecule is CNC1CCCN(CC(=O)Nc2ccc(Cl)c(S(=O)(=O)N(C)C)c2)C1. The van der Waals surface area contributed by atoms with E-state index in [9.17, 15) is 13.2 Å². The van der Waals surface area contributed by atoms with Gasteiger partial charge < -0.3 is 10.6 Å². The molecule has 1 saturated heterocycles. The number of carbonyl (C=O) groups is 1. The molecule has 2 N–H and O–H groups in total. The standard InChI is InChI=1S/C16H25ClN4O3S/c1-18-13-5-4-8-21(10-13)11-16(22)19-12-6-7-14(17)15(9-12)25(23,24)20(2)3/h6-7,9,13,18H,4-5,8,10-11H2,1-3H3,(H,19,22). The van der Waals surface area contributed by atoms with Crippen molar-refractivity contribution in [1.82, 2.24) is 14.5 Å². The van der Waals surface area contributed by atoms with Crippen LogP contribution in [0.4, 0.5) is 5.69 Å². The van der Waals surface area contributed by atoms with Crippen LogP contribution in [0.1, 0.15) is 12.8 Å². The van der Waals surface area contributed by atoms with Crippen LogP contribution in [0.25, 0.3) is 0 Å². The summed E-state index contributed by atoms with van der Waals surface area (Å²) in [6, 6.07) is 4.86. The Hall–Kier alpha value is -1.19. The molecular weight excluding hydrogens is 364 g/mol. The molecule has 1 heterocycles. The Morgan fingerprint density at radius 3 is 2.76 bits per heavy atom. The molecule has 0 saturated carbocycles. The number of rotatable bonds is 6. The fraction of sp³-hybridized carbons (Fsp3) is 0.562. The quantitative estimate of drug-likeness (QED) is 0.765. The molecule has 0 aromatic heterocycles. The lowest BCUT2D eigenvalue weighted by Crippen LogP contribution is -2.46. The normalized spacial score (nSPS) is 19.2. The number of amides is 1. The number of likely N-dealkylation sites (N-methyl/N-ethyl adjacent to an activating group) is 1.